The van der Waals surface area contributed by atoms with E-state index in [4.69, 9.17) is 33.7 Å². The Morgan fingerprint density at radius 3 is 1.93 bits per heavy atom. The van der Waals surface area contributed by atoms with Gasteiger partial charge in [-0.3, -0.25) is 5.43 Å². The highest BCUT2D eigenvalue weighted by Crippen LogP contribution is 2.40. The van der Waals surface area contributed by atoms with Crippen molar-refractivity contribution in [2.24, 2.45) is 15.3 Å². The maximum absolute atomic E-state index is 16.3. The van der Waals surface area contributed by atoms with Crippen LogP contribution in [0.1, 0.15) is 69.6 Å². The van der Waals surface area contributed by atoms with Crippen molar-refractivity contribution in [2.75, 3.05) is 34.4 Å². The van der Waals surface area contributed by atoms with Crippen molar-refractivity contribution < 1.29 is 50.1 Å². The summed E-state index contributed by atoms with van der Waals surface area (Å²) in [4.78, 5) is 36.6. The van der Waals surface area contributed by atoms with E-state index in [2.05, 4.69) is 36.1 Å². The van der Waals surface area contributed by atoms with Crippen LogP contribution in [0.4, 0.5) is 15.3 Å². The monoisotopic (exact) mass is 1050 g/mol. The minimum absolute atomic E-state index is 0.0112. The van der Waals surface area contributed by atoms with E-state index in [1.54, 1.807) is 126 Å². The molecule has 7 rings (SSSR count). The molecule has 392 valence electrons. The van der Waals surface area contributed by atoms with Gasteiger partial charge in [0.1, 0.15) is 49.8 Å². The predicted molar refractivity (Wildman–Crippen MR) is 277 cm³/mol. The first-order chi connectivity index (χ1) is 35.0. The van der Waals surface area contributed by atoms with Gasteiger partial charge in [0.15, 0.2) is 5.84 Å². The molecule has 74 heavy (non-hydrogen) atoms. The third kappa shape index (κ3) is 13.7. The number of H-pyrrole nitrogens is 1. The number of nitrogens with zero attached hydrogens (tertiary/aromatic N) is 5. The molecule has 2 amide bonds. The second kappa shape index (κ2) is 22.7. The van der Waals surface area contributed by atoms with Crippen molar-refractivity contribution in [3.05, 3.63) is 125 Å². The molecule has 23 heteroatoms. The molecule has 0 spiro atoms. The number of hydrogen-bond acceptors (Lipinski definition) is 16. The summed E-state index contributed by atoms with van der Waals surface area (Å²) in [6, 6.07) is 26.6. The minimum atomic E-state index is -5.05. The number of carbonyl (C=O) groups excluding carboxylic acids is 2. The van der Waals surface area contributed by atoms with Crippen molar-refractivity contribution in [3.8, 4) is 28.4 Å². The van der Waals surface area contributed by atoms with Crippen LogP contribution in [-0.4, -0.2) is 94.8 Å². The van der Waals surface area contributed by atoms with Gasteiger partial charge in [-0.15, -0.1) is 5.11 Å². The average molecular weight is 1050 g/mol. The highest BCUT2D eigenvalue weighted by molar-refractivity contribution is 7.92. The van der Waals surface area contributed by atoms with Crippen molar-refractivity contribution in [1.82, 2.24) is 35.1 Å². The van der Waals surface area contributed by atoms with Gasteiger partial charge in [-0.1, -0.05) is 47.7 Å². The second-order valence-electron chi connectivity index (χ2n) is 18.9. The van der Waals surface area contributed by atoms with E-state index in [-0.39, 0.29) is 61.9 Å². The number of fused-ring (bicyclic) bond motifs is 3. The first-order valence-electron chi connectivity index (χ1n) is 23.3. The van der Waals surface area contributed by atoms with Crippen LogP contribution in [-0.2, 0) is 55.7 Å². The summed E-state index contributed by atoms with van der Waals surface area (Å²) >= 11 is 0. The summed E-state index contributed by atoms with van der Waals surface area (Å²) in [5.41, 5.74) is 4.71. The summed E-state index contributed by atoms with van der Waals surface area (Å²) < 4.78 is 93.4. The molecule has 0 unspecified atom stereocenters. The number of amides is 2. The molecule has 0 atom stereocenters. The number of aromatic nitrogens is 2. The standard InChI is InChI=1S/C51H60N10O11S2/c1-50(2,3)71-48(62)52-24-25-55-73(64,65)43-23-20-38(35-15-21-39-40(27-35)57-44(56-39)29-53-49(63)72-51(4,5)6)45(47-58-41-26-34(28-54-60-59-47)14-22-42(41)70-9)46(43)74(66,67)61(30-32-10-16-36(68-7)17-11-32)31-33-12-18-37(69-8)19-13-33/h10-23,26-27,55H,24-25,28-31H2,1-9H3,(H,52,62)(H,53,63)(H,56,57)(H,54,58,59). The quantitative estimate of drug-likeness (QED) is 0.0511. The molecule has 1 aromatic heterocycles. The summed E-state index contributed by atoms with van der Waals surface area (Å²) in [6.07, 6.45) is -1.42. The van der Waals surface area contributed by atoms with Gasteiger partial charge in [0.25, 0.3) is 0 Å². The zero-order valence-electron chi connectivity index (χ0n) is 42.5. The van der Waals surface area contributed by atoms with Crippen molar-refractivity contribution in [2.45, 2.75) is 88.7 Å². The summed E-state index contributed by atoms with van der Waals surface area (Å²) in [5.74, 6) is 1.46. The maximum Gasteiger partial charge on any atom is 0.408 e. The maximum atomic E-state index is 16.3. The Bertz CT molecular complexity index is 3250. The fraction of sp³-hybridized carbons (Fsp3) is 0.333. The lowest BCUT2D eigenvalue weighted by molar-refractivity contribution is 0.0514. The Labute approximate surface area is 430 Å². The van der Waals surface area contributed by atoms with Crippen LogP contribution < -0.4 is 35.0 Å². The van der Waals surface area contributed by atoms with E-state index in [0.29, 0.717) is 50.8 Å². The number of aliphatic imine (C=N–C) groups is 1. The van der Waals surface area contributed by atoms with E-state index < -0.39 is 53.2 Å². The molecule has 0 saturated carbocycles. The number of hydrogen-bond donors (Lipinski definition) is 5. The van der Waals surface area contributed by atoms with E-state index in [9.17, 15) is 18.0 Å². The van der Waals surface area contributed by atoms with E-state index in [1.807, 2.05) is 0 Å². The normalized spacial score (nSPS) is 14.1. The molecule has 0 fully saturated rings. The van der Waals surface area contributed by atoms with Crippen molar-refractivity contribution in [3.63, 3.8) is 0 Å². The third-order valence-corrected chi connectivity index (χ3v) is 14.5. The van der Waals surface area contributed by atoms with Crippen LogP contribution in [0.15, 0.2) is 122 Å². The number of nitrogens with one attached hydrogen (secondary N) is 5. The van der Waals surface area contributed by atoms with Gasteiger partial charge in [-0.25, -0.2) is 41.1 Å². The van der Waals surface area contributed by atoms with E-state index in [1.165, 1.54) is 33.5 Å². The van der Waals surface area contributed by atoms with Gasteiger partial charge in [-0.2, -0.15) is 4.31 Å². The average Bonchev–Trinajstić information content (AvgIpc) is 3.79. The molecule has 6 aromatic rings. The first-order valence-corrected chi connectivity index (χ1v) is 26.2. The van der Waals surface area contributed by atoms with Crippen LogP contribution in [0.5, 0.6) is 17.2 Å². The fourth-order valence-electron chi connectivity index (χ4n) is 7.62. The van der Waals surface area contributed by atoms with E-state index in [0.717, 1.165) is 9.87 Å². The SMILES string of the molecule is COc1ccc(CN(Cc2ccc(OC)cc2)S(=O)(=O)c2c(S(=O)(=O)NCCNC(=O)OC(C)(C)C)ccc(-c3ccc4[nH]c(CNC(=O)OC(C)(C)C)nc4c3)c2C2=N/c3cc(ccc3OC)CN/N=N\2)cc1. The third-order valence-electron chi connectivity index (χ3n) is 11.0. The highest BCUT2D eigenvalue weighted by atomic mass is 32.2. The number of carbonyl (C=O) groups is 2. The number of aromatic amines is 1. The zero-order chi connectivity index (χ0) is 53.4. The van der Waals surface area contributed by atoms with Gasteiger partial charge in [0.05, 0.1) is 51.0 Å². The molecule has 1 aliphatic heterocycles. The number of benzene rings is 5. The number of ether oxygens (including phenoxy) is 5. The van der Waals surface area contributed by atoms with Gasteiger partial charge in [0.2, 0.25) is 20.0 Å². The lowest BCUT2D eigenvalue weighted by Crippen LogP contribution is -2.38. The Balaban J connectivity index is 1.48. The molecule has 0 aliphatic carbocycles. The highest BCUT2D eigenvalue weighted by Gasteiger charge is 2.38. The summed E-state index contributed by atoms with van der Waals surface area (Å²) in [5, 5.41) is 14.0. The number of amidine groups is 1. The molecular weight excluding hydrogens is 993 g/mol. The van der Waals surface area contributed by atoms with Crippen molar-refractivity contribution in [1.29, 1.82) is 0 Å². The zero-order valence-corrected chi connectivity index (χ0v) is 44.2. The van der Waals surface area contributed by atoms with Gasteiger partial charge in [0, 0.05) is 26.2 Å². The van der Waals surface area contributed by atoms with Crippen LogP contribution in [0.2, 0.25) is 0 Å². The molecule has 5 N–H and O–H groups in total. The molecular formula is C51H60N10O11S2. The summed E-state index contributed by atoms with van der Waals surface area (Å²) in [7, 11) is -5.39. The van der Waals surface area contributed by atoms with Gasteiger partial charge < -0.3 is 39.3 Å². The Hall–Kier alpha value is -7.60. The second-order valence-corrected chi connectivity index (χ2v) is 22.5. The smallest absolute Gasteiger partial charge is 0.408 e. The Morgan fingerprint density at radius 1 is 0.716 bits per heavy atom. The lowest BCUT2D eigenvalue weighted by atomic mass is 9.98. The molecule has 21 nitrogen and oxygen atoms in total. The summed E-state index contributed by atoms with van der Waals surface area (Å²) in [6.45, 7) is 9.42. The van der Waals surface area contributed by atoms with Crippen LogP contribution >= 0.6 is 0 Å². The topological polar surface area (TPSA) is 266 Å². The number of sulfonamides is 2. The molecule has 2 heterocycles. The molecule has 5 aromatic carbocycles. The minimum Gasteiger partial charge on any atom is -0.497 e. The number of rotatable bonds is 18. The van der Waals surface area contributed by atoms with Crippen molar-refractivity contribution >= 4 is 54.8 Å². The molecule has 1 aliphatic rings. The lowest BCUT2D eigenvalue weighted by Gasteiger charge is -2.27. The van der Waals surface area contributed by atoms with E-state index >= 15 is 8.42 Å². The Morgan fingerprint density at radius 2 is 1.34 bits per heavy atom. The van der Waals surface area contributed by atoms with Crippen LogP contribution in [0.3, 0.4) is 0 Å². The number of methoxy groups -OCH3 is 3. The fourth-order valence-corrected chi connectivity index (χ4v) is 11.1. The van der Waals surface area contributed by atoms with Gasteiger partial charge >= 0.3 is 12.2 Å². The largest absolute Gasteiger partial charge is 0.497 e. The van der Waals surface area contributed by atoms with Crippen LogP contribution in [0, 0.1) is 0 Å². The molecule has 0 saturated heterocycles. The first kappa shape index (κ1) is 54.2. The number of imidazole rings is 1. The Kier molecular flexibility index (Phi) is 16.6. The van der Waals surface area contributed by atoms with Crippen LogP contribution in [0.25, 0.3) is 22.2 Å². The van der Waals surface area contributed by atoms with Gasteiger partial charge in [-0.05, 0) is 124 Å². The predicted octanol–water partition coefficient (Wildman–Crippen LogP) is 8.02. The number of alkyl carbamates (subject to hydrolysis) is 2. The molecule has 0 radical (unpaired) electrons. The molecule has 2 bridgehead atoms.